The molecule has 0 aromatic carbocycles. The molecule has 4 rings (SSSR count). The molecule has 1 amide bonds. The molecule has 4 heterocycles. The Morgan fingerprint density at radius 1 is 1.30 bits per heavy atom. The Hall–Kier alpha value is -3.33. The normalized spacial score (nSPS) is 17.2. The maximum absolute atomic E-state index is 13.2. The third-order valence-electron chi connectivity index (χ3n) is 4.70. The minimum Gasteiger partial charge on any atom is -0.328 e. The summed E-state index contributed by atoms with van der Waals surface area (Å²) in [7, 11) is 0. The van der Waals surface area contributed by atoms with Gasteiger partial charge in [-0.3, -0.25) is 24.5 Å². The number of nitrogens with one attached hydrogen (secondary N) is 3. The SMILES string of the molecule is Cc1cc(C(=O)N2CCNCC2c2cccnc2)nc2[nH]c(=O)[nH]c(=O)c12. The van der Waals surface area contributed by atoms with Crippen molar-refractivity contribution in [1.29, 1.82) is 0 Å². The second kappa shape index (κ2) is 6.76. The maximum Gasteiger partial charge on any atom is 0.327 e. The van der Waals surface area contributed by atoms with Crippen LogP contribution < -0.4 is 16.6 Å². The molecule has 3 N–H and O–H groups in total. The molecule has 1 atom stereocenters. The van der Waals surface area contributed by atoms with Gasteiger partial charge in [-0.1, -0.05) is 6.07 Å². The second-order valence-electron chi connectivity index (χ2n) is 6.46. The molecule has 1 fully saturated rings. The van der Waals surface area contributed by atoms with Crippen molar-refractivity contribution >= 4 is 16.9 Å². The molecule has 9 nitrogen and oxygen atoms in total. The number of hydrogen-bond donors (Lipinski definition) is 3. The monoisotopic (exact) mass is 366 g/mol. The summed E-state index contributed by atoms with van der Waals surface area (Å²) in [5.41, 5.74) is 0.638. The minimum absolute atomic E-state index is 0.111. The van der Waals surface area contributed by atoms with Crippen molar-refractivity contribution in [2.75, 3.05) is 19.6 Å². The molecule has 3 aromatic rings. The highest BCUT2D eigenvalue weighted by Crippen LogP contribution is 2.24. The summed E-state index contributed by atoms with van der Waals surface area (Å²) in [6, 6.07) is 5.18. The largest absolute Gasteiger partial charge is 0.328 e. The van der Waals surface area contributed by atoms with Crippen LogP contribution in [0, 0.1) is 6.92 Å². The predicted molar refractivity (Wildman–Crippen MR) is 98.6 cm³/mol. The van der Waals surface area contributed by atoms with Gasteiger partial charge in [0.2, 0.25) is 0 Å². The van der Waals surface area contributed by atoms with Crippen molar-refractivity contribution in [3.05, 3.63) is 68.3 Å². The summed E-state index contributed by atoms with van der Waals surface area (Å²) in [4.78, 5) is 51.6. The molecule has 3 aromatic heterocycles. The molecule has 1 aliphatic rings. The molecule has 1 unspecified atom stereocenters. The summed E-state index contributed by atoms with van der Waals surface area (Å²) < 4.78 is 0. The van der Waals surface area contributed by atoms with E-state index in [4.69, 9.17) is 0 Å². The maximum atomic E-state index is 13.2. The van der Waals surface area contributed by atoms with Crippen molar-refractivity contribution in [2.45, 2.75) is 13.0 Å². The van der Waals surface area contributed by atoms with Crippen LogP contribution in [0.15, 0.2) is 40.2 Å². The summed E-state index contributed by atoms with van der Waals surface area (Å²) in [6.07, 6.45) is 3.43. The average Bonchev–Trinajstić information content (AvgIpc) is 2.67. The lowest BCUT2D eigenvalue weighted by Crippen LogP contribution is -2.49. The van der Waals surface area contributed by atoms with E-state index in [1.807, 2.05) is 12.1 Å². The number of carbonyl (C=O) groups excluding carboxylic acids is 1. The summed E-state index contributed by atoms with van der Waals surface area (Å²) in [5.74, 6) is -0.253. The number of aromatic nitrogens is 4. The standard InChI is InChI=1S/C18H18N6O3/c1-10-7-12(21-15-14(10)16(25)23-18(27)22-15)17(26)24-6-5-20-9-13(24)11-3-2-4-19-8-11/h2-4,7-8,13,20H,5-6,9H2,1H3,(H2,21,22,23,25,27). The Kier molecular flexibility index (Phi) is 4.28. The first-order valence-corrected chi connectivity index (χ1v) is 8.60. The summed E-state index contributed by atoms with van der Waals surface area (Å²) >= 11 is 0. The minimum atomic E-state index is -0.653. The van der Waals surface area contributed by atoms with E-state index in [-0.39, 0.29) is 28.7 Å². The molecule has 0 saturated carbocycles. The Balaban J connectivity index is 1.77. The number of fused-ring (bicyclic) bond motifs is 1. The first-order valence-electron chi connectivity index (χ1n) is 8.60. The molecule has 1 saturated heterocycles. The van der Waals surface area contributed by atoms with E-state index >= 15 is 0 Å². The van der Waals surface area contributed by atoms with Crippen LogP contribution in [0.4, 0.5) is 0 Å². The third-order valence-corrected chi connectivity index (χ3v) is 4.70. The number of aryl methyl sites for hydroxylation is 1. The highest BCUT2D eigenvalue weighted by molar-refractivity contribution is 5.95. The van der Waals surface area contributed by atoms with Crippen LogP contribution in [-0.2, 0) is 0 Å². The van der Waals surface area contributed by atoms with Gasteiger partial charge in [0, 0.05) is 32.0 Å². The van der Waals surface area contributed by atoms with E-state index in [1.54, 1.807) is 30.3 Å². The van der Waals surface area contributed by atoms with E-state index in [0.29, 0.717) is 25.2 Å². The first kappa shape index (κ1) is 17.1. The number of rotatable bonds is 2. The molecule has 0 radical (unpaired) electrons. The molecule has 1 aliphatic heterocycles. The highest BCUT2D eigenvalue weighted by Gasteiger charge is 2.30. The summed E-state index contributed by atoms with van der Waals surface area (Å²) in [5, 5.41) is 3.56. The quantitative estimate of drug-likeness (QED) is 0.591. The van der Waals surface area contributed by atoms with E-state index < -0.39 is 11.2 Å². The van der Waals surface area contributed by atoms with Gasteiger partial charge in [-0.15, -0.1) is 0 Å². The number of nitrogens with zero attached hydrogens (tertiary/aromatic N) is 3. The van der Waals surface area contributed by atoms with Crippen molar-refractivity contribution < 1.29 is 4.79 Å². The van der Waals surface area contributed by atoms with Crippen LogP contribution in [0.3, 0.4) is 0 Å². The molecular weight excluding hydrogens is 348 g/mol. The Bertz CT molecular complexity index is 1120. The fourth-order valence-electron chi connectivity index (χ4n) is 3.43. The number of amides is 1. The lowest BCUT2D eigenvalue weighted by Gasteiger charge is -2.36. The van der Waals surface area contributed by atoms with Gasteiger partial charge in [-0.2, -0.15) is 0 Å². The number of carbonyl (C=O) groups is 1. The van der Waals surface area contributed by atoms with Crippen molar-refractivity contribution in [3.8, 4) is 0 Å². The van der Waals surface area contributed by atoms with Crippen LogP contribution in [-0.4, -0.2) is 50.4 Å². The number of aromatic amines is 2. The molecule has 0 bridgehead atoms. The van der Waals surface area contributed by atoms with E-state index in [1.165, 1.54) is 0 Å². The van der Waals surface area contributed by atoms with Crippen LogP contribution in [0.5, 0.6) is 0 Å². The number of H-pyrrole nitrogens is 2. The average molecular weight is 366 g/mol. The van der Waals surface area contributed by atoms with Gasteiger partial charge in [0.1, 0.15) is 11.3 Å². The Morgan fingerprint density at radius 2 is 2.15 bits per heavy atom. The molecule has 0 spiro atoms. The first-order chi connectivity index (χ1) is 13.0. The second-order valence-corrected chi connectivity index (χ2v) is 6.46. The molecule has 138 valence electrons. The lowest BCUT2D eigenvalue weighted by molar-refractivity contribution is 0.0628. The van der Waals surface area contributed by atoms with Gasteiger partial charge in [0.05, 0.1) is 11.4 Å². The molecular formula is C18H18N6O3. The van der Waals surface area contributed by atoms with E-state index in [9.17, 15) is 14.4 Å². The fourth-order valence-corrected chi connectivity index (χ4v) is 3.43. The van der Waals surface area contributed by atoms with Crippen LogP contribution in [0.2, 0.25) is 0 Å². The number of pyridine rings is 2. The van der Waals surface area contributed by atoms with Gasteiger partial charge < -0.3 is 10.2 Å². The van der Waals surface area contributed by atoms with Crippen LogP contribution >= 0.6 is 0 Å². The zero-order chi connectivity index (χ0) is 19.0. The molecule has 0 aliphatic carbocycles. The zero-order valence-corrected chi connectivity index (χ0v) is 14.7. The Morgan fingerprint density at radius 3 is 2.93 bits per heavy atom. The van der Waals surface area contributed by atoms with Crippen molar-refractivity contribution in [3.63, 3.8) is 0 Å². The van der Waals surface area contributed by atoms with Gasteiger partial charge in [0.25, 0.3) is 11.5 Å². The van der Waals surface area contributed by atoms with Crippen LogP contribution in [0.25, 0.3) is 11.0 Å². The lowest BCUT2D eigenvalue weighted by atomic mass is 10.0. The smallest absolute Gasteiger partial charge is 0.327 e. The van der Waals surface area contributed by atoms with Crippen molar-refractivity contribution in [1.82, 2.24) is 30.2 Å². The van der Waals surface area contributed by atoms with Crippen molar-refractivity contribution in [2.24, 2.45) is 0 Å². The van der Waals surface area contributed by atoms with Gasteiger partial charge in [-0.25, -0.2) is 9.78 Å². The van der Waals surface area contributed by atoms with Gasteiger partial charge >= 0.3 is 5.69 Å². The number of piperazine rings is 1. The van der Waals surface area contributed by atoms with Crippen LogP contribution in [0.1, 0.15) is 27.7 Å². The zero-order valence-electron chi connectivity index (χ0n) is 14.7. The topological polar surface area (TPSA) is 124 Å². The predicted octanol–water partition coefficient (Wildman–Crippen LogP) is 0.102. The van der Waals surface area contributed by atoms with Gasteiger partial charge in [-0.05, 0) is 30.2 Å². The van der Waals surface area contributed by atoms with E-state index in [2.05, 4.69) is 25.3 Å². The van der Waals surface area contributed by atoms with E-state index in [0.717, 1.165) is 5.56 Å². The highest BCUT2D eigenvalue weighted by atomic mass is 16.2. The summed E-state index contributed by atoms with van der Waals surface area (Å²) in [6.45, 7) is 3.51. The Labute approximate surface area is 153 Å². The molecule has 27 heavy (non-hydrogen) atoms. The fraction of sp³-hybridized carbons (Fsp3) is 0.278. The van der Waals surface area contributed by atoms with Gasteiger partial charge in [0.15, 0.2) is 0 Å². The molecule has 9 heteroatoms. The number of hydrogen-bond acceptors (Lipinski definition) is 6. The third kappa shape index (κ3) is 3.13.